The normalized spacial score (nSPS) is 2.00. The van der Waals surface area contributed by atoms with Crippen molar-refractivity contribution in [1.29, 1.82) is 0 Å². The van der Waals surface area contributed by atoms with Crippen molar-refractivity contribution in [3.05, 3.63) is 0 Å². The Labute approximate surface area is 86.0 Å². The molecule has 0 aromatic rings. The second-order valence-corrected chi connectivity index (χ2v) is 0.0913. The first-order valence-corrected chi connectivity index (χ1v) is 0.428. The number of aliphatic hydroxyl groups excluding tert-OH is 1. The van der Waals surface area contributed by atoms with Gasteiger partial charge in [0.15, 0.2) is 0 Å². The van der Waals surface area contributed by atoms with E-state index in [2.05, 4.69) is 0 Å². The van der Waals surface area contributed by atoms with Gasteiger partial charge in [0.25, 0.3) is 0 Å². The third-order valence-corrected chi connectivity index (χ3v) is 0. The second-order valence-electron chi connectivity index (χ2n) is 0.0913. The molecule has 0 aliphatic carbocycles. The van der Waals surface area contributed by atoms with Crippen LogP contribution in [-0.2, 0) is 44.4 Å². The number of hydrogen-bond acceptors (Lipinski definition) is 1. The van der Waals surface area contributed by atoms with Crippen LogP contribution in [0.15, 0.2) is 0 Å². The first kappa shape index (κ1) is 25.0. The van der Waals surface area contributed by atoms with Crippen LogP contribution in [0, 0.1) is 31.1 Å². The maximum Gasteiger partial charge on any atom is 0 e. The Morgan fingerprint density at radius 3 is 1.50 bits per heavy atom. The molecule has 1 N–H and O–H groups in total. The van der Waals surface area contributed by atoms with Crippen molar-refractivity contribution >= 4 is 6.47 Å². The predicted molar refractivity (Wildman–Crippen MR) is 8.32 cm³/mol. The van der Waals surface area contributed by atoms with Crippen molar-refractivity contribution in [2.45, 2.75) is 0 Å². The largest absolute Gasteiger partial charge is 0.665 e. The Hall–Kier alpha value is 1.79. The van der Waals surface area contributed by atoms with E-state index in [1.165, 1.54) is 0 Å². The molecule has 0 bridgehead atoms. The minimum absolute atomic E-state index is 0. The topological polar surface area (TPSA) is 37.3 Å². The second kappa shape index (κ2) is 29.2. The number of hydrogen-bond donors (Lipinski definition) is 1. The van der Waals surface area contributed by atoms with Crippen LogP contribution in [0.4, 0.5) is 0 Å². The van der Waals surface area contributed by atoms with Gasteiger partial charge in [0.2, 0.25) is 0 Å². The van der Waals surface area contributed by atoms with E-state index in [9.17, 15) is 0 Å². The van der Waals surface area contributed by atoms with Crippen LogP contribution in [0.3, 0.4) is 0 Å². The average Bonchev–Trinajstić information content (AvgIpc) is 0.918. The van der Waals surface area contributed by atoms with E-state index < -0.39 is 0 Å². The molecule has 0 saturated heterocycles. The molecule has 33 valence electrons. The summed E-state index contributed by atoms with van der Waals surface area (Å²) in [5.41, 5.74) is 0. The summed E-state index contributed by atoms with van der Waals surface area (Å²) >= 11 is 0. The van der Waals surface area contributed by atoms with E-state index in [1.54, 1.807) is 0 Å². The molecule has 0 aliphatic rings. The Morgan fingerprint density at radius 1 is 1.50 bits per heavy atom. The minimum Gasteiger partial charge on any atom is -0.665 e. The molecular formula is CHO2UVW-. The van der Waals surface area contributed by atoms with E-state index in [4.69, 9.17) is 9.90 Å². The van der Waals surface area contributed by atoms with Crippen molar-refractivity contribution in [2.75, 3.05) is 0 Å². The molecule has 6 heavy (non-hydrogen) atoms. The van der Waals surface area contributed by atoms with Crippen LogP contribution in [-0.4, -0.2) is 11.6 Å². The Morgan fingerprint density at radius 2 is 1.50 bits per heavy atom. The summed E-state index contributed by atoms with van der Waals surface area (Å²) in [5, 5.41) is 6.76. The molecule has 0 aliphatic heterocycles. The maximum absolute atomic E-state index is 8.24. The third kappa shape index (κ3) is 41.4. The van der Waals surface area contributed by atoms with Gasteiger partial charge in [-0.3, -0.25) is 0 Å². The zero-order chi connectivity index (χ0) is 2.71. The summed E-state index contributed by atoms with van der Waals surface area (Å²) in [7, 11) is 0. The van der Waals surface area contributed by atoms with Gasteiger partial charge in [0.1, 0.15) is 0 Å². The molecule has 0 rings (SSSR count). The van der Waals surface area contributed by atoms with Gasteiger partial charge >= 0.3 is 0 Å². The summed E-state index contributed by atoms with van der Waals surface area (Å²) in [4.78, 5) is 8.24. The molecule has 0 aromatic carbocycles. The SMILES string of the molecule is O=[C-]O.[U].[V].[W]. The molecular weight excluding hydrogens is 517 g/mol. The molecule has 0 saturated carbocycles. The number of rotatable bonds is 0. The van der Waals surface area contributed by atoms with Gasteiger partial charge < -0.3 is 9.90 Å². The Balaban J connectivity index is -0.00000000667. The van der Waals surface area contributed by atoms with Crippen LogP contribution in [0.5, 0.6) is 0 Å². The summed E-state index contributed by atoms with van der Waals surface area (Å²) in [5.74, 6) is 0. The fourth-order valence-corrected chi connectivity index (χ4v) is 0. The standard InChI is InChI=1S/CHO2.U.V.W/c2-1-3;;;/h(H,2,3);;;/q-1;;;. The molecule has 0 fully saturated rings. The van der Waals surface area contributed by atoms with E-state index in [1.807, 2.05) is 0 Å². The fourth-order valence-electron chi connectivity index (χ4n) is 0. The molecule has 5 heteroatoms. The first-order valence-electron chi connectivity index (χ1n) is 0.428. The zero-order valence-corrected chi connectivity index (χ0v) is 11.2. The molecule has 1 radical (unpaired) electrons. The van der Waals surface area contributed by atoms with Crippen molar-refractivity contribution in [3.63, 3.8) is 0 Å². The van der Waals surface area contributed by atoms with E-state index in [-0.39, 0.29) is 70.7 Å². The van der Waals surface area contributed by atoms with Gasteiger partial charge in [0, 0.05) is 70.7 Å². The fraction of sp³-hybridized carbons (Fsp3) is 0. The van der Waals surface area contributed by atoms with E-state index in [0.717, 1.165) is 0 Å². The molecule has 2 nitrogen and oxygen atoms in total. The molecule has 0 spiro atoms. The average molecular weight is 518 g/mol. The molecule has 0 amide bonds. The minimum atomic E-state index is 0. The Kier molecular flexibility index (Phi) is 122. The van der Waals surface area contributed by atoms with Gasteiger partial charge in [-0.25, -0.2) is 0 Å². The first-order chi connectivity index (χ1) is 1.41. The predicted octanol–water partition coefficient (Wildman–Crippen LogP) is -0.393. The Bertz CT molecular complexity index is 21.0. The van der Waals surface area contributed by atoms with Crippen molar-refractivity contribution < 1.29 is 80.6 Å². The maximum atomic E-state index is 8.24. The smallest absolute Gasteiger partial charge is 0 e. The quantitative estimate of drug-likeness (QED) is 0.445. The van der Waals surface area contributed by atoms with E-state index >= 15 is 0 Å². The van der Waals surface area contributed by atoms with Crippen LogP contribution < -0.4 is 0 Å². The zero-order valence-electron chi connectivity index (χ0n) is 2.71. The van der Waals surface area contributed by atoms with Crippen molar-refractivity contribution in [2.24, 2.45) is 0 Å². The van der Waals surface area contributed by atoms with Crippen LogP contribution in [0.1, 0.15) is 0 Å². The monoisotopic (exact) mass is 518 g/mol. The van der Waals surface area contributed by atoms with Crippen LogP contribution in [0.2, 0.25) is 0 Å². The summed E-state index contributed by atoms with van der Waals surface area (Å²) in [6.45, 7) is 0.500. The summed E-state index contributed by atoms with van der Waals surface area (Å²) < 4.78 is 0. The molecule has 0 heterocycles. The van der Waals surface area contributed by atoms with Crippen LogP contribution >= 0.6 is 0 Å². The summed E-state index contributed by atoms with van der Waals surface area (Å²) in [6.07, 6.45) is 0. The van der Waals surface area contributed by atoms with Gasteiger partial charge in [-0.05, 0) is 0 Å². The molecule has 0 atom stereocenters. The van der Waals surface area contributed by atoms with Gasteiger partial charge in [-0.15, -0.1) is 0 Å². The van der Waals surface area contributed by atoms with Crippen LogP contribution in [0.25, 0.3) is 0 Å². The third-order valence-electron chi connectivity index (χ3n) is 0. The molecule has 0 unspecified atom stereocenters. The van der Waals surface area contributed by atoms with Gasteiger partial charge in [-0.1, -0.05) is 6.47 Å². The van der Waals surface area contributed by atoms with E-state index in [0.29, 0.717) is 6.47 Å². The van der Waals surface area contributed by atoms with Crippen molar-refractivity contribution in [1.82, 2.24) is 0 Å². The van der Waals surface area contributed by atoms with Crippen molar-refractivity contribution in [3.8, 4) is 0 Å². The van der Waals surface area contributed by atoms with Gasteiger partial charge in [-0.2, -0.15) is 0 Å². The summed E-state index contributed by atoms with van der Waals surface area (Å²) in [6, 6.07) is 0. The van der Waals surface area contributed by atoms with Gasteiger partial charge in [0.05, 0.1) is 0 Å². The molecule has 0 aromatic heterocycles.